The quantitative estimate of drug-likeness (QED) is 0.704. The fourth-order valence-electron chi connectivity index (χ4n) is 2.64. The van der Waals surface area contributed by atoms with E-state index in [-0.39, 0.29) is 10.6 Å². The Bertz CT molecular complexity index is 793. The molecule has 0 bridgehead atoms. The van der Waals surface area contributed by atoms with E-state index in [4.69, 9.17) is 11.6 Å². The van der Waals surface area contributed by atoms with Gasteiger partial charge in [-0.15, -0.1) is 0 Å². The Morgan fingerprint density at radius 2 is 1.67 bits per heavy atom. The second-order valence-electron chi connectivity index (χ2n) is 5.06. The number of hydrogen-bond acceptors (Lipinski definition) is 1. The monoisotopic (exact) mass is 300 g/mol. The number of aliphatic hydroxyl groups excluding tert-OH is 1. The molecule has 0 radical (unpaired) electrons. The lowest BCUT2D eigenvalue weighted by atomic mass is 9.93. The number of halogens is 2. The van der Waals surface area contributed by atoms with Crippen molar-refractivity contribution in [1.82, 2.24) is 0 Å². The predicted molar refractivity (Wildman–Crippen MR) is 84.2 cm³/mol. The Balaban J connectivity index is 2.23. The molecule has 106 valence electrons. The standard InChI is InChI=1S/C18H14ClFO/c1-11-9-10-14(13-6-3-2-5-12(11)13)18(21)17-15(19)7-4-8-16(17)20/h2-10,18,21H,1H3. The first-order chi connectivity index (χ1) is 10.1. The van der Waals surface area contributed by atoms with E-state index >= 15 is 0 Å². The lowest BCUT2D eigenvalue weighted by Crippen LogP contribution is -2.04. The maximum Gasteiger partial charge on any atom is 0.130 e. The fourth-order valence-corrected chi connectivity index (χ4v) is 2.91. The molecule has 0 amide bonds. The smallest absolute Gasteiger partial charge is 0.130 e. The molecule has 1 N–H and O–H groups in total. The number of fused-ring (bicyclic) bond motifs is 1. The molecule has 1 nitrogen and oxygen atoms in total. The van der Waals surface area contributed by atoms with Crippen molar-refractivity contribution < 1.29 is 9.50 Å². The van der Waals surface area contributed by atoms with E-state index in [1.54, 1.807) is 6.07 Å². The van der Waals surface area contributed by atoms with E-state index in [2.05, 4.69) is 0 Å². The van der Waals surface area contributed by atoms with Gasteiger partial charge in [0.05, 0.1) is 0 Å². The highest BCUT2D eigenvalue weighted by Gasteiger charge is 2.20. The fraction of sp³-hybridized carbons (Fsp3) is 0.111. The molecule has 1 atom stereocenters. The second kappa shape index (κ2) is 5.47. The van der Waals surface area contributed by atoms with Gasteiger partial charge in [0.1, 0.15) is 11.9 Å². The summed E-state index contributed by atoms with van der Waals surface area (Å²) in [6, 6.07) is 15.9. The minimum atomic E-state index is -1.09. The van der Waals surface area contributed by atoms with Gasteiger partial charge in [0.25, 0.3) is 0 Å². The molecule has 0 spiro atoms. The van der Waals surface area contributed by atoms with Gasteiger partial charge < -0.3 is 5.11 Å². The third kappa shape index (κ3) is 2.41. The van der Waals surface area contributed by atoms with Crippen LogP contribution in [0, 0.1) is 12.7 Å². The topological polar surface area (TPSA) is 20.2 Å². The molecule has 21 heavy (non-hydrogen) atoms. The van der Waals surface area contributed by atoms with Crippen LogP contribution in [0.15, 0.2) is 54.6 Å². The van der Waals surface area contributed by atoms with Crippen LogP contribution < -0.4 is 0 Å². The van der Waals surface area contributed by atoms with Crippen LogP contribution in [0.25, 0.3) is 10.8 Å². The Hall–Kier alpha value is -1.90. The van der Waals surface area contributed by atoms with Crippen molar-refractivity contribution in [2.45, 2.75) is 13.0 Å². The van der Waals surface area contributed by atoms with Crippen molar-refractivity contribution >= 4 is 22.4 Å². The van der Waals surface area contributed by atoms with Gasteiger partial charge >= 0.3 is 0 Å². The van der Waals surface area contributed by atoms with Gasteiger partial charge in [0.15, 0.2) is 0 Å². The van der Waals surface area contributed by atoms with Gasteiger partial charge in [0, 0.05) is 10.6 Å². The van der Waals surface area contributed by atoms with E-state index in [0.717, 1.165) is 16.3 Å². The van der Waals surface area contributed by atoms with Crippen molar-refractivity contribution in [2.24, 2.45) is 0 Å². The maximum atomic E-state index is 14.0. The summed E-state index contributed by atoms with van der Waals surface area (Å²) in [4.78, 5) is 0. The minimum Gasteiger partial charge on any atom is -0.383 e. The highest BCUT2D eigenvalue weighted by Crippen LogP contribution is 2.34. The zero-order valence-electron chi connectivity index (χ0n) is 11.5. The van der Waals surface area contributed by atoms with E-state index in [9.17, 15) is 9.50 Å². The number of aryl methyl sites for hydroxylation is 1. The zero-order chi connectivity index (χ0) is 15.0. The molecular weight excluding hydrogens is 287 g/mol. The summed E-state index contributed by atoms with van der Waals surface area (Å²) in [7, 11) is 0. The Morgan fingerprint density at radius 1 is 0.952 bits per heavy atom. The molecule has 3 rings (SSSR count). The number of hydrogen-bond donors (Lipinski definition) is 1. The summed E-state index contributed by atoms with van der Waals surface area (Å²) in [5, 5.41) is 12.8. The molecular formula is C18H14ClFO. The van der Waals surface area contributed by atoms with Gasteiger partial charge in [-0.25, -0.2) is 4.39 Å². The van der Waals surface area contributed by atoms with Gasteiger partial charge in [0.2, 0.25) is 0 Å². The molecule has 3 aromatic rings. The normalized spacial score (nSPS) is 12.6. The molecule has 3 aromatic carbocycles. The Morgan fingerprint density at radius 3 is 2.38 bits per heavy atom. The van der Waals surface area contributed by atoms with Crippen molar-refractivity contribution in [3.05, 3.63) is 82.1 Å². The van der Waals surface area contributed by atoms with Crippen LogP contribution in [0.1, 0.15) is 22.8 Å². The molecule has 0 aliphatic heterocycles. The summed E-state index contributed by atoms with van der Waals surface area (Å²) in [5.41, 5.74) is 1.89. The Kier molecular flexibility index (Phi) is 3.66. The largest absolute Gasteiger partial charge is 0.383 e. The summed E-state index contributed by atoms with van der Waals surface area (Å²) >= 11 is 6.06. The van der Waals surface area contributed by atoms with Crippen molar-refractivity contribution in [1.29, 1.82) is 0 Å². The first-order valence-electron chi connectivity index (χ1n) is 6.70. The average Bonchev–Trinajstić information content (AvgIpc) is 2.47. The van der Waals surface area contributed by atoms with Crippen molar-refractivity contribution in [3.8, 4) is 0 Å². The highest BCUT2D eigenvalue weighted by molar-refractivity contribution is 6.31. The first-order valence-corrected chi connectivity index (χ1v) is 7.07. The first kappa shape index (κ1) is 14.1. The highest BCUT2D eigenvalue weighted by atomic mass is 35.5. The third-order valence-electron chi connectivity index (χ3n) is 3.74. The Labute approximate surface area is 127 Å². The van der Waals surface area contributed by atoms with E-state index in [1.807, 2.05) is 43.3 Å². The minimum absolute atomic E-state index is 0.119. The number of benzene rings is 3. The number of rotatable bonds is 2. The molecule has 0 heterocycles. The lowest BCUT2D eigenvalue weighted by molar-refractivity contribution is 0.216. The van der Waals surface area contributed by atoms with Crippen LogP contribution in [-0.2, 0) is 0 Å². The van der Waals surface area contributed by atoms with E-state index in [1.165, 1.54) is 12.1 Å². The number of aliphatic hydroxyl groups is 1. The molecule has 0 fully saturated rings. The van der Waals surface area contributed by atoms with Gasteiger partial charge in [-0.2, -0.15) is 0 Å². The molecule has 1 unspecified atom stereocenters. The summed E-state index contributed by atoms with van der Waals surface area (Å²) < 4.78 is 14.0. The average molecular weight is 301 g/mol. The van der Waals surface area contributed by atoms with Crippen LogP contribution >= 0.6 is 11.6 Å². The third-order valence-corrected chi connectivity index (χ3v) is 4.07. The molecule has 0 saturated carbocycles. The van der Waals surface area contributed by atoms with E-state index in [0.29, 0.717) is 5.56 Å². The molecule has 0 aliphatic rings. The van der Waals surface area contributed by atoms with Gasteiger partial charge in [-0.1, -0.05) is 54.1 Å². The van der Waals surface area contributed by atoms with Crippen LogP contribution in [0.3, 0.4) is 0 Å². The van der Waals surface area contributed by atoms with Crippen LogP contribution in [0.5, 0.6) is 0 Å². The molecule has 0 aromatic heterocycles. The maximum absolute atomic E-state index is 14.0. The van der Waals surface area contributed by atoms with Crippen molar-refractivity contribution in [2.75, 3.05) is 0 Å². The molecule has 0 saturated heterocycles. The molecule has 0 aliphatic carbocycles. The SMILES string of the molecule is Cc1ccc(C(O)c2c(F)cccc2Cl)c2ccccc12. The summed E-state index contributed by atoms with van der Waals surface area (Å²) in [6.07, 6.45) is -1.09. The summed E-state index contributed by atoms with van der Waals surface area (Å²) in [5.74, 6) is -0.500. The van der Waals surface area contributed by atoms with Crippen molar-refractivity contribution in [3.63, 3.8) is 0 Å². The predicted octanol–water partition coefficient (Wildman–Crippen LogP) is 5.02. The van der Waals surface area contributed by atoms with Gasteiger partial charge in [-0.3, -0.25) is 0 Å². The van der Waals surface area contributed by atoms with Crippen LogP contribution in [-0.4, -0.2) is 5.11 Å². The van der Waals surface area contributed by atoms with E-state index < -0.39 is 11.9 Å². The zero-order valence-corrected chi connectivity index (χ0v) is 12.2. The summed E-state index contributed by atoms with van der Waals surface area (Å²) in [6.45, 7) is 2.01. The second-order valence-corrected chi connectivity index (χ2v) is 5.46. The lowest BCUT2D eigenvalue weighted by Gasteiger charge is -2.17. The van der Waals surface area contributed by atoms with Gasteiger partial charge in [-0.05, 0) is 41.0 Å². The van der Waals surface area contributed by atoms with Crippen LogP contribution in [0.2, 0.25) is 5.02 Å². The molecule has 3 heteroatoms. The van der Waals surface area contributed by atoms with Crippen LogP contribution in [0.4, 0.5) is 4.39 Å².